The third-order valence-electron chi connectivity index (χ3n) is 4.46. The number of carbonyl (C=O) groups is 1. The van der Waals surface area contributed by atoms with E-state index in [0.29, 0.717) is 22.5 Å². The topological polar surface area (TPSA) is 64.2 Å². The summed E-state index contributed by atoms with van der Waals surface area (Å²) < 4.78 is 40.8. The van der Waals surface area contributed by atoms with Gasteiger partial charge in [-0.05, 0) is 45.4 Å². The Labute approximate surface area is 154 Å². The molecule has 0 aliphatic carbocycles. The molecule has 0 bridgehead atoms. The molecule has 144 valence electrons. The predicted octanol–water partition coefficient (Wildman–Crippen LogP) is 3.51. The number of nitrogens with one attached hydrogen (secondary N) is 1. The second kappa shape index (κ2) is 6.71. The molecule has 1 unspecified atom stereocenters. The number of nitrogens with zero attached hydrogens (tertiary/aromatic N) is 4. The van der Waals surface area contributed by atoms with Crippen LogP contribution in [0.2, 0.25) is 0 Å². The maximum atomic E-state index is 12.7. The SMILES string of the molecule is Cc1ccn2cnc(C(=O)NC(C)c3c(C)nn(CC(F)(F)F)c3C)c2c1. The lowest BCUT2D eigenvalue weighted by Gasteiger charge is -2.15. The molecule has 27 heavy (non-hydrogen) atoms. The number of alkyl halides is 3. The van der Waals surface area contributed by atoms with Gasteiger partial charge in [-0.25, -0.2) is 4.98 Å². The number of rotatable bonds is 4. The molecule has 6 nitrogen and oxygen atoms in total. The standard InChI is InChI=1S/C18H20F3N5O/c1-10-5-6-25-9-22-16(14(25)7-10)17(27)23-11(2)15-12(3)24-26(13(15)4)8-18(19,20)21/h5-7,9,11H,8H2,1-4H3,(H,23,27). The molecule has 3 aromatic heterocycles. The number of halogens is 3. The first-order chi connectivity index (χ1) is 12.6. The molecule has 0 saturated heterocycles. The van der Waals surface area contributed by atoms with Gasteiger partial charge in [0.05, 0.1) is 17.3 Å². The quantitative estimate of drug-likeness (QED) is 0.755. The number of fused-ring (bicyclic) bond motifs is 1. The van der Waals surface area contributed by atoms with Crippen LogP contribution in [0.15, 0.2) is 24.7 Å². The maximum Gasteiger partial charge on any atom is 0.408 e. The number of aryl methyl sites for hydroxylation is 2. The summed E-state index contributed by atoms with van der Waals surface area (Å²) in [5.41, 5.74) is 3.33. The maximum absolute atomic E-state index is 12.7. The molecule has 3 aromatic rings. The summed E-state index contributed by atoms with van der Waals surface area (Å²) in [5, 5.41) is 6.79. The zero-order valence-corrected chi connectivity index (χ0v) is 15.4. The van der Waals surface area contributed by atoms with Crippen molar-refractivity contribution in [2.75, 3.05) is 0 Å². The highest BCUT2D eigenvalue weighted by atomic mass is 19.4. The van der Waals surface area contributed by atoms with Crippen LogP contribution in [0.5, 0.6) is 0 Å². The number of carbonyl (C=O) groups excluding carboxylic acids is 1. The minimum Gasteiger partial charge on any atom is -0.344 e. The van der Waals surface area contributed by atoms with E-state index in [1.807, 2.05) is 25.3 Å². The van der Waals surface area contributed by atoms with Crippen LogP contribution in [0.3, 0.4) is 0 Å². The molecule has 0 aliphatic rings. The fourth-order valence-corrected chi connectivity index (χ4v) is 3.27. The molecule has 1 atom stereocenters. The Morgan fingerprint density at radius 2 is 2.00 bits per heavy atom. The molecule has 1 amide bonds. The lowest BCUT2D eigenvalue weighted by molar-refractivity contribution is -0.143. The normalized spacial score (nSPS) is 13.1. The fraction of sp³-hybridized carbons (Fsp3) is 0.389. The van der Waals surface area contributed by atoms with Gasteiger partial charge in [0, 0.05) is 17.5 Å². The van der Waals surface area contributed by atoms with Crippen LogP contribution < -0.4 is 5.32 Å². The number of pyridine rings is 1. The van der Waals surface area contributed by atoms with E-state index < -0.39 is 24.7 Å². The van der Waals surface area contributed by atoms with Crippen LogP contribution in [-0.2, 0) is 6.54 Å². The van der Waals surface area contributed by atoms with Crippen LogP contribution >= 0.6 is 0 Å². The first kappa shape index (κ1) is 18.9. The van der Waals surface area contributed by atoms with E-state index in [1.54, 1.807) is 31.5 Å². The van der Waals surface area contributed by atoms with Gasteiger partial charge < -0.3 is 9.72 Å². The molecular weight excluding hydrogens is 359 g/mol. The first-order valence-electron chi connectivity index (χ1n) is 8.41. The van der Waals surface area contributed by atoms with Crippen molar-refractivity contribution in [1.29, 1.82) is 0 Å². The predicted molar refractivity (Wildman–Crippen MR) is 93.6 cm³/mol. The van der Waals surface area contributed by atoms with Crippen molar-refractivity contribution in [3.8, 4) is 0 Å². The summed E-state index contributed by atoms with van der Waals surface area (Å²) in [4.78, 5) is 16.8. The minimum atomic E-state index is -4.36. The molecular formula is C18H20F3N5O. The van der Waals surface area contributed by atoms with Crippen molar-refractivity contribution in [3.05, 3.63) is 52.9 Å². The summed E-state index contributed by atoms with van der Waals surface area (Å²) in [6, 6.07) is 3.24. The highest BCUT2D eigenvalue weighted by molar-refractivity contribution is 5.99. The molecule has 0 aromatic carbocycles. The zero-order chi connectivity index (χ0) is 19.9. The average molecular weight is 379 g/mol. The van der Waals surface area contributed by atoms with Crippen LogP contribution in [0.25, 0.3) is 5.52 Å². The molecule has 3 rings (SSSR count). The van der Waals surface area contributed by atoms with Crippen molar-refractivity contribution < 1.29 is 18.0 Å². The van der Waals surface area contributed by atoms with Gasteiger partial charge in [-0.3, -0.25) is 9.48 Å². The van der Waals surface area contributed by atoms with Gasteiger partial charge in [0.25, 0.3) is 5.91 Å². The third-order valence-corrected chi connectivity index (χ3v) is 4.46. The Morgan fingerprint density at radius 1 is 1.30 bits per heavy atom. The van der Waals surface area contributed by atoms with E-state index in [-0.39, 0.29) is 5.69 Å². The summed E-state index contributed by atoms with van der Waals surface area (Å²) in [6.07, 6.45) is -1.00. The Morgan fingerprint density at radius 3 is 2.67 bits per heavy atom. The van der Waals surface area contributed by atoms with E-state index in [2.05, 4.69) is 15.4 Å². The number of imidazole rings is 1. The van der Waals surface area contributed by atoms with E-state index in [0.717, 1.165) is 10.2 Å². The third kappa shape index (κ3) is 3.81. The zero-order valence-electron chi connectivity index (χ0n) is 15.4. The Hall–Kier alpha value is -2.84. The summed E-state index contributed by atoms with van der Waals surface area (Å²) in [5.74, 6) is -0.391. The van der Waals surface area contributed by atoms with Gasteiger partial charge in [0.15, 0.2) is 5.69 Å². The lowest BCUT2D eigenvalue weighted by atomic mass is 10.1. The highest BCUT2D eigenvalue weighted by Crippen LogP contribution is 2.25. The fourth-order valence-electron chi connectivity index (χ4n) is 3.27. The first-order valence-corrected chi connectivity index (χ1v) is 8.41. The van der Waals surface area contributed by atoms with Crippen molar-refractivity contribution >= 4 is 11.4 Å². The number of hydrogen-bond donors (Lipinski definition) is 1. The second-order valence-corrected chi connectivity index (χ2v) is 6.64. The largest absolute Gasteiger partial charge is 0.408 e. The van der Waals surface area contributed by atoms with Crippen molar-refractivity contribution in [1.82, 2.24) is 24.5 Å². The van der Waals surface area contributed by atoms with Crippen molar-refractivity contribution in [3.63, 3.8) is 0 Å². The number of amides is 1. The Balaban J connectivity index is 1.85. The number of aromatic nitrogens is 4. The molecule has 0 radical (unpaired) electrons. The summed E-state index contributed by atoms with van der Waals surface area (Å²) in [6.45, 7) is 5.67. The smallest absolute Gasteiger partial charge is 0.344 e. The molecule has 9 heteroatoms. The van der Waals surface area contributed by atoms with Crippen molar-refractivity contribution in [2.24, 2.45) is 0 Å². The van der Waals surface area contributed by atoms with Crippen LogP contribution in [0, 0.1) is 20.8 Å². The highest BCUT2D eigenvalue weighted by Gasteiger charge is 2.31. The van der Waals surface area contributed by atoms with E-state index >= 15 is 0 Å². The molecule has 0 spiro atoms. The number of hydrogen-bond acceptors (Lipinski definition) is 3. The van der Waals surface area contributed by atoms with Crippen molar-refractivity contribution in [2.45, 2.75) is 46.5 Å². The van der Waals surface area contributed by atoms with Crippen LogP contribution in [0.4, 0.5) is 13.2 Å². The van der Waals surface area contributed by atoms with Gasteiger partial charge in [-0.15, -0.1) is 0 Å². The van der Waals surface area contributed by atoms with E-state index in [4.69, 9.17) is 0 Å². The van der Waals surface area contributed by atoms with Gasteiger partial charge in [0.1, 0.15) is 12.9 Å². The Kier molecular flexibility index (Phi) is 4.71. The minimum absolute atomic E-state index is 0.267. The second-order valence-electron chi connectivity index (χ2n) is 6.64. The van der Waals surface area contributed by atoms with E-state index in [9.17, 15) is 18.0 Å². The van der Waals surface area contributed by atoms with Gasteiger partial charge in [0.2, 0.25) is 0 Å². The van der Waals surface area contributed by atoms with Crippen LogP contribution in [-0.4, -0.2) is 31.2 Å². The molecule has 0 fully saturated rings. The average Bonchev–Trinajstić information content (AvgIpc) is 3.06. The summed E-state index contributed by atoms with van der Waals surface area (Å²) >= 11 is 0. The van der Waals surface area contributed by atoms with Crippen LogP contribution in [0.1, 0.15) is 46.0 Å². The van der Waals surface area contributed by atoms with Gasteiger partial charge >= 0.3 is 6.18 Å². The molecule has 1 N–H and O–H groups in total. The molecule has 3 heterocycles. The lowest BCUT2D eigenvalue weighted by Crippen LogP contribution is -2.28. The monoisotopic (exact) mass is 379 g/mol. The molecule has 0 aliphatic heterocycles. The summed E-state index contributed by atoms with van der Waals surface area (Å²) in [7, 11) is 0. The van der Waals surface area contributed by atoms with Gasteiger partial charge in [-0.2, -0.15) is 18.3 Å². The molecule has 0 saturated carbocycles. The van der Waals surface area contributed by atoms with Gasteiger partial charge in [-0.1, -0.05) is 0 Å². The Bertz CT molecular complexity index is 1000. The van der Waals surface area contributed by atoms with E-state index in [1.165, 1.54) is 0 Å².